The highest BCUT2D eigenvalue weighted by atomic mass is 35.5. The molecule has 0 heterocycles. The lowest BCUT2D eigenvalue weighted by molar-refractivity contribution is -0.140. The van der Waals surface area contributed by atoms with E-state index in [2.05, 4.69) is 5.32 Å². The maximum Gasteiger partial charge on any atom is 0.264 e. The molecule has 3 rings (SSSR count). The highest BCUT2D eigenvalue weighted by Crippen LogP contribution is 2.26. The lowest BCUT2D eigenvalue weighted by atomic mass is 10.1. The summed E-state index contributed by atoms with van der Waals surface area (Å²) in [4.78, 5) is 28.8. The molecule has 2 atom stereocenters. The molecule has 2 unspecified atom stereocenters. The van der Waals surface area contributed by atoms with E-state index in [1.807, 2.05) is 33.8 Å². The zero-order chi connectivity index (χ0) is 29.4. The Morgan fingerprint density at radius 2 is 1.50 bits per heavy atom. The zero-order valence-corrected chi connectivity index (χ0v) is 25.4. The molecule has 0 saturated carbocycles. The van der Waals surface area contributed by atoms with Crippen molar-refractivity contribution in [3.8, 4) is 0 Å². The first-order valence-corrected chi connectivity index (χ1v) is 15.3. The van der Waals surface area contributed by atoms with Crippen molar-refractivity contribution in [2.75, 3.05) is 10.8 Å². The number of sulfonamides is 1. The molecule has 0 aromatic heterocycles. The second-order valence-electron chi connectivity index (χ2n) is 9.69. The molecule has 0 aliphatic rings. The summed E-state index contributed by atoms with van der Waals surface area (Å²) in [6.07, 6.45) is 1.07. The Morgan fingerprint density at radius 1 is 0.900 bits per heavy atom. The minimum absolute atomic E-state index is 0.00277. The van der Waals surface area contributed by atoms with Gasteiger partial charge in [0.2, 0.25) is 11.8 Å². The van der Waals surface area contributed by atoms with E-state index < -0.39 is 28.5 Å². The third-order valence-corrected chi connectivity index (χ3v) is 8.92. The van der Waals surface area contributed by atoms with E-state index in [4.69, 9.17) is 23.2 Å². The number of rotatable bonds is 12. The summed E-state index contributed by atoms with van der Waals surface area (Å²) in [7, 11) is -4.16. The number of hydrogen-bond donors (Lipinski definition) is 1. The maximum atomic E-state index is 14.1. The van der Waals surface area contributed by atoms with Crippen molar-refractivity contribution in [1.82, 2.24) is 10.2 Å². The van der Waals surface area contributed by atoms with Crippen molar-refractivity contribution in [3.05, 3.63) is 94.0 Å². The zero-order valence-electron chi connectivity index (χ0n) is 23.1. The van der Waals surface area contributed by atoms with Crippen LogP contribution in [0.5, 0.6) is 0 Å². The Balaban J connectivity index is 2.05. The van der Waals surface area contributed by atoms with Crippen molar-refractivity contribution in [1.29, 1.82) is 0 Å². The first-order valence-electron chi connectivity index (χ1n) is 13.2. The second-order valence-corrected chi connectivity index (χ2v) is 12.4. The summed E-state index contributed by atoms with van der Waals surface area (Å²) >= 11 is 12.1. The standard InChI is InChI=1S/C30H35Cl2N3O4S/c1-5-22(4)33-30(37)28(6-2)34(19-23-10-12-24(31)13-11-23)29(36)20-35(26-9-7-8-21(3)18-26)40(38,39)27-16-14-25(32)15-17-27/h7-18,22,28H,5-6,19-20H2,1-4H3,(H,33,37). The van der Waals surface area contributed by atoms with Crippen LogP contribution in [0.4, 0.5) is 5.69 Å². The summed E-state index contributed by atoms with van der Waals surface area (Å²) < 4.78 is 28.9. The van der Waals surface area contributed by atoms with Gasteiger partial charge in [-0.25, -0.2) is 8.42 Å². The van der Waals surface area contributed by atoms with E-state index >= 15 is 0 Å². The van der Waals surface area contributed by atoms with Gasteiger partial charge < -0.3 is 10.2 Å². The number of halogens is 2. The number of carbonyl (C=O) groups excluding carboxylic acids is 2. The highest BCUT2D eigenvalue weighted by Gasteiger charge is 2.34. The fraction of sp³-hybridized carbons (Fsp3) is 0.333. The Morgan fingerprint density at radius 3 is 2.05 bits per heavy atom. The lowest BCUT2D eigenvalue weighted by Crippen LogP contribution is -2.53. The van der Waals surface area contributed by atoms with Crippen LogP contribution in [-0.2, 0) is 26.2 Å². The van der Waals surface area contributed by atoms with Crippen LogP contribution in [0.25, 0.3) is 0 Å². The second kappa shape index (κ2) is 14.0. The van der Waals surface area contributed by atoms with Crippen LogP contribution in [0, 0.1) is 6.92 Å². The fourth-order valence-corrected chi connectivity index (χ4v) is 5.85. The van der Waals surface area contributed by atoms with Crippen LogP contribution in [0.2, 0.25) is 10.0 Å². The van der Waals surface area contributed by atoms with Crippen LogP contribution in [0.1, 0.15) is 44.7 Å². The van der Waals surface area contributed by atoms with E-state index in [9.17, 15) is 18.0 Å². The van der Waals surface area contributed by atoms with Gasteiger partial charge in [-0.05, 0) is 86.3 Å². The topological polar surface area (TPSA) is 86.8 Å². The molecule has 0 aliphatic heterocycles. The number of aryl methyl sites for hydroxylation is 1. The largest absolute Gasteiger partial charge is 0.352 e. The summed E-state index contributed by atoms with van der Waals surface area (Å²) in [5.41, 5.74) is 1.93. The molecular weight excluding hydrogens is 569 g/mol. The molecule has 0 radical (unpaired) electrons. The van der Waals surface area contributed by atoms with Crippen LogP contribution in [0.3, 0.4) is 0 Å². The van der Waals surface area contributed by atoms with Gasteiger partial charge in [0.25, 0.3) is 10.0 Å². The number of hydrogen-bond acceptors (Lipinski definition) is 4. The Hall–Kier alpha value is -3.07. The number of nitrogens with zero attached hydrogens (tertiary/aromatic N) is 2. The highest BCUT2D eigenvalue weighted by molar-refractivity contribution is 7.92. The predicted octanol–water partition coefficient (Wildman–Crippen LogP) is 6.22. The van der Waals surface area contributed by atoms with Crippen molar-refractivity contribution in [2.24, 2.45) is 0 Å². The summed E-state index contributed by atoms with van der Waals surface area (Å²) in [5.74, 6) is -0.804. The third-order valence-electron chi connectivity index (χ3n) is 6.62. The van der Waals surface area contributed by atoms with Gasteiger partial charge in [-0.1, -0.05) is 61.3 Å². The molecule has 0 spiro atoms. The molecular formula is C30H35Cl2N3O4S. The molecule has 0 aliphatic carbocycles. The van der Waals surface area contributed by atoms with E-state index in [0.29, 0.717) is 22.2 Å². The van der Waals surface area contributed by atoms with Crippen LogP contribution < -0.4 is 9.62 Å². The fourth-order valence-electron chi connectivity index (χ4n) is 4.19. The minimum Gasteiger partial charge on any atom is -0.352 e. The van der Waals surface area contributed by atoms with Gasteiger partial charge in [-0.2, -0.15) is 0 Å². The SMILES string of the molecule is CCC(C)NC(=O)C(CC)N(Cc1ccc(Cl)cc1)C(=O)CN(c1cccc(C)c1)S(=O)(=O)c1ccc(Cl)cc1. The number of amides is 2. The Kier molecular flexibility index (Phi) is 11.0. The van der Waals surface area contributed by atoms with Crippen molar-refractivity contribution in [3.63, 3.8) is 0 Å². The molecule has 7 nitrogen and oxygen atoms in total. The molecule has 3 aromatic rings. The number of carbonyl (C=O) groups is 2. The molecule has 2 amide bonds. The number of nitrogens with one attached hydrogen (secondary N) is 1. The average molecular weight is 605 g/mol. The normalized spacial score (nSPS) is 12.8. The van der Waals surface area contributed by atoms with Gasteiger partial charge in [0, 0.05) is 22.6 Å². The van der Waals surface area contributed by atoms with Gasteiger partial charge in [0.1, 0.15) is 12.6 Å². The summed E-state index contributed by atoms with van der Waals surface area (Å²) in [6, 6.07) is 18.8. The summed E-state index contributed by atoms with van der Waals surface area (Å²) in [6.45, 7) is 7.13. The quantitative estimate of drug-likeness (QED) is 0.266. The van der Waals surface area contributed by atoms with Crippen LogP contribution >= 0.6 is 23.2 Å². The molecule has 214 valence electrons. The monoisotopic (exact) mass is 603 g/mol. The predicted molar refractivity (Wildman–Crippen MR) is 161 cm³/mol. The average Bonchev–Trinajstić information content (AvgIpc) is 2.92. The Bertz CT molecular complexity index is 1410. The molecule has 0 bridgehead atoms. The van der Waals surface area contributed by atoms with Gasteiger partial charge in [-0.15, -0.1) is 0 Å². The molecule has 1 N–H and O–H groups in total. The lowest BCUT2D eigenvalue weighted by Gasteiger charge is -2.33. The van der Waals surface area contributed by atoms with Gasteiger partial charge >= 0.3 is 0 Å². The maximum absolute atomic E-state index is 14.1. The number of anilines is 1. The van der Waals surface area contributed by atoms with Gasteiger partial charge in [0.15, 0.2) is 0 Å². The Labute approximate surface area is 247 Å². The molecule has 10 heteroatoms. The van der Waals surface area contributed by atoms with E-state index in [0.717, 1.165) is 21.9 Å². The van der Waals surface area contributed by atoms with Crippen LogP contribution in [-0.4, -0.2) is 43.8 Å². The van der Waals surface area contributed by atoms with Crippen molar-refractivity contribution in [2.45, 2.75) is 64.1 Å². The van der Waals surface area contributed by atoms with Crippen molar-refractivity contribution < 1.29 is 18.0 Å². The number of benzene rings is 3. The minimum atomic E-state index is -4.16. The molecule has 40 heavy (non-hydrogen) atoms. The molecule has 0 saturated heterocycles. The first-order chi connectivity index (χ1) is 19.0. The molecule has 3 aromatic carbocycles. The van der Waals surface area contributed by atoms with Crippen LogP contribution in [0.15, 0.2) is 77.7 Å². The molecule has 0 fully saturated rings. The van der Waals surface area contributed by atoms with Crippen molar-refractivity contribution >= 4 is 50.7 Å². The third kappa shape index (κ3) is 7.99. The van der Waals surface area contributed by atoms with E-state index in [1.165, 1.54) is 29.2 Å². The van der Waals surface area contributed by atoms with E-state index in [-0.39, 0.29) is 23.4 Å². The first kappa shape index (κ1) is 31.5. The van der Waals surface area contributed by atoms with Gasteiger partial charge in [0.05, 0.1) is 10.6 Å². The van der Waals surface area contributed by atoms with E-state index in [1.54, 1.807) is 42.5 Å². The van der Waals surface area contributed by atoms with Gasteiger partial charge in [-0.3, -0.25) is 13.9 Å². The smallest absolute Gasteiger partial charge is 0.264 e. The summed E-state index contributed by atoms with van der Waals surface area (Å²) in [5, 5.41) is 3.90.